The number of alkyl halides is 3. The van der Waals surface area contributed by atoms with Gasteiger partial charge in [0.05, 0.1) is 38.8 Å². The molecule has 2 aromatic rings. The van der Waals surface area contributed by atoms with E-state index in [1.165, 1.54) is 0 Å². The van der Waals surface area contributed by atoms with Crippen LogP contribution >= 0.6 is 0 Å². The number of hydrogen-bond acceptors (Lipinski definition) is 6. The van der Waals surface area contributed by atoms with Crippen LogP contribution in [-0.2, 0) is 6.18 Å². The van der Waals surface area contributed by atoms with E-state index >= 15 is 0 Å². The molecule has 0 aliphatic heterocycles. The fraction of sp³-hybridized carbons (Fsp3) is 0.0714. The minimum atomic E-state index is -5.19. The summed E-state index contributed by atoms with van der Waals surface area (Å²) in [6.07, 6.45) is -5.19. The second-order valence-electron chi connectivity index (χ2n) is 4.83. The van der Waals surface area contributed by atoms with Gasteiger partial charge in [0.1, 0.15) is 11.5 Å². The first-order chi connectivity index (χ1) is 12.0. The van der Waals surface area contributed by atoms with Crippen molar-refractivity contribution in [3.63, 3.8) is 0 Å². The van der Waals surface area contributed by atoms with Crippen LogP contribution in [0.2, 0.25) is 0 Å². The first-order valence-electron chi connectivity index (χ1n) is 6.55. The average Bonchev–Trinajstić information content (AvgIpc) is 2.55. The topological polar surface area (TPSA) is 122 Å². The molecule has 0 bridgehead atoms. The summed E-state index contributed by atoms with van der Waals surface area (Å²) in [5, 5.41) is 32.4. The lowest BCUT2D eigenvalue weighted by atomic mass is 10.1. The Morgan fingerprint density at radius 3 is 2.19 bits per heavy atom. The Balaban J connectivity index is 2.72. The highest BCUT2D eigenvalue weighted by molar-refractivity contribution is 5.76. The summed E-state index contributed by atoms with van der Waals surface area (Å²) >= 11 is 0. The number of hydrogen-bond donors (Lipinski definition) is 1. The molecule has 12 heteroatoms. The second kappa shape index (κ2) is 6.63. The van der Waals surface area contributed by atoms with Crippen LogP contribution in [0.15, 0.2) is 30.3 Å². The summed E-state index contributed by atoms with van der Waals surface area (Å²) in [5.74, 6) is -1.13. The highest BCUT2D eigenvalue weighted by Crippen LogP contribution is 2.43. The van der Waals surface area contributed by atoms with Crippen molar-refractivity contribution < 1.29 is 27.4 Å². The molecular formula is C14H6F4N4O4. The van der Waals surface area contributed by atoms with Crippen molar-refractivity contribution in [2.45, 2.75) is 6.18 Å². The number of nitriles is 1. The third-order valence-corrected chi connectivity index (χ3v) is 3.17. The maximum Gasteiger partial charge on any atom is 0.418 e. The van der Waals surface area contributed by atoms with Gasteiger partial charge in [0, 0.05) is 6.07 Å². The van der Waals surface area contributed by atoms with E-state index in [0.717, 1.165) is 12.1 Å². The molecule has 0 saturated heterocycles. The van der Waals surface area contributed by atoms with E-state index < -0.39 is 50.2 Å². The lowest BCUT2D eigenvalue weighted by Gasteiger charge is -2.15. The summed E-state index contributed by atoms with van der Waals surface area (Å²) in [4.78, 5) is 19.4. The molecule has 0 unspecified atom stereocenters. The molecule has 0 heterocycles. The molecule has 1 N–H and O–H groups in total. The molecule has 0 atom stereocenters. The van der Waals surface area contributed by atoms with E-state index in [4.69, 9.17) is 5.26 Å². The number of nitro benzene ring substituents is 2. The smallest absolute Gasteiger partial charge is 0.347 e. The van der Waals surface area contributed by atoms with E-state index in [0.29, 0.717) is 12.1 Å². The fourth-order valence-electron chi connectivity index (χ4n) is 2.04. The molecule has 2 aromatic carbocycles. The molecular weight excluding hydrogens is 364 g/mol. The largest absolute Gasteiger partial charge is 0.418 e. The van der Waals surface area contributed by atoms with Gasteiger partial charge in [0.2, 0.25) is 0 Å². The van der Waals surface area contributed by atoms with Crippen molar-refractivity contribution in [1.29, 1.82) is 5.26 Å². The zero-order chi connectivity index (χ0) is 19.6. The van der Waals surface area contributed by atoms with Crippen LogP contribution in [-0.4, -0.2) is 9.85 Å². The van der Waals surface area contributed by atoms with E-state index in [-0.39, 0.29) is 11.6 Å². The van der Waals surface area contributed by atoms with Crippen LogP contribution in [0.25, 0.3) is 0 Å². The van der Waals surface area contributed by atoms with Crippen molar-refractivity contribution in [3.05, 3.63) is 67.5 Å². The summed E-state index contributed by atoms with van der Waals surface area (Å²) in [5.41, 5.74) is -5.96. The number of rotatable bonds is 4. The van der Waals surface area contributed by atoms with E-state index in [1.807, 2.05) is 5.32 Å². The van der Waals surface area contributed by atoms with E-state index in [9.17, 15) is 37.8 Å². The first-order valence-corrected chi connectivity index (χ1v) is 6.55. The number of benzene rings is 2. The Hall–Kier alpha value is -3.75. The highest BCUT2D eigenvalue weighted by atomic mass is 19.4. The lowest BCUT2D eigenvalue weighted by molar-refractivity contribution is -0.394. The number of halogens is 4. The van der Waals surface area contributed by atoms with Gasteiger partial charge in [0.25, 0.3) is 11.4 Å². The number of nitrogens with one attached hydrogen (secondary N) is 1. The SMILES string of the molecule is N#Cc1ccc(Nc2c([N+](=O)[O-])cc([N+](=O)[O-])cc2C(F)(F)F)c(F)c1. The molecule has 0 spiro atoms. The van der Waals surface area contributed by atoms with Crippen LogP contribution in [0.1, 0.15) is 11.1 Å². The summed E-state index contributed by atoms with van der Waals surface area (Å²) < 4.78 is 53.6. The minimum absolute atomic E-state index is 0.108. The Morgan fingerprint density at radius 2 is 1.73 bits per heavy atom. The summed E-state index contributed by atoms with van der Waals surface area (Å²) in [7, 11) is 0. The Bertz CT molecular complexity index is 953. The monoisotopic (exact) mass is 370 g/mol. The van der Waals surface area contributed by atoms with Crippen molar-refractivity contribution in [2.75, 3.05) is 5.32 Å². The predicted octanol–water partition coefficient (Wildman–Crippen LogP) is 4.28. The predicted molar refractivity (Wildman–Crippen MR) is 79.2 cm³/mol. The molecule has 26 heavy (non-hydrogen) atoms. The van der Waals surface area contributed by atoms with Crippen LogP contribution in [0, 0.1) is 37.4 Å². The maximum atomic E-state index is 13.9. The molecule has 0 radical (unpaired) electrons. The van der Waals surface area contributed by atoms with Gasteiger partial charge in [-0.05, 0) is 18.2 Å². The van der Waals surface area contributed by atoms with Gasteiger partial charge >= 0.3 is 6.18 Å². The minimum Gasteiger partial charge on any atom is -0.347 e. The zero-order valence-corrected chi connectivity index (χ0v) is 12.4. The van der Waals surface area contributed by atoms with Crippen molar-refractivity contribution in [1.82, 2.24) is 0 Å². The standard InChI is InChI=1S/C14H6F4N4O4/c15-10-3-7(6-19)1-2-11(10)20-13-9(14(16,17)18)4-8(21(23)24)5-12(13)22(25)26/h1-5,20H. The Labute approximate surface area is 141 Å². The third-order valence-electron chi connectivity index (χ3n) is 3.17. The van der Waals surface area contributed by atoms with Crippen LogP contribution < -0.4 is 5.32 Å². The maximum absolute atomic E-state index is 13.9. The lowest BCUT2D eigenvalue weighted by Crippen LogP contribution is -2.12. The number of anilines is 2. The van der Waals surface area contributed by atoms with Gasteiger partial charge in [-0.2, -0.15) is 18.4 Å². The summed E-state index contributed by atoms with van der Waals surface area (Å²) in [6, 6.07) is 4.76. The van der Waals surface area contributed by atoms with Gasteiger partial charge in [-0.25, -0.2) is 4.39 Å². The quantitative estimate of drug-likeness (QED) is 0.487. The first kappa shape index (κ1) is 18.6. The molecule has 8 nitrogen and oxygen atoms in total. The normalized spacial score (nSPS) is 10.9. The van der Waals surface area contributed by atoms with Crippen molar-refractivity contribution in [3.8, 4) is 6.07 Å². The molecule has 0 aliphatic carbocycles. The average molecular weight is 370 g/mol. The summed E-state index contributed by atoms with van der Waals surface area (Å²) in [6.45, 7) is 0. The third kappa shape index (κ3) is 3.66. The van der Waals surface area contributed by atoms with Crippen molar-refractivity contribution >= 4 is 22.7 Å². The second-order valence-corrected chi connectivity index (χ2v) is 4.83. The number of nitrogens with zero attached hydrogens (tertiary/aromatic N) is 3. The molecule has 0 aliphatic rings. The fourth-order valence-corrected chi connectivity index (χ4v) is 2.04. The van der Waals surface area contributed by atoms with Gasteiger partial charge in [-0.1, -0.05) is 0 Å². The highest BCUT2D eigenvalue weighted by Gasteiger charge is 2.39. The van der Waals surface area contributed by atoms with E-state index in [1.54, 1.807) is 6.07 Å². The molecule has 134 valence electrons. The van der Waals surface area contributed by atoms with Crippen LogP contribution in [0.5, 0.6) is 0 Å². The van der Waals surface area contributed by atoms with Crippen LogP contribution in [0.4, 0.5) is 40.3 Å². The van der Waals surface area contributed by atoms with Gasteiger partial charge in [-0.3, -0.25) is 20.2 Å². The number of non-ortho nitro benzene ring substituents is 1. The molecule has 2 rings (SSSR count). The Kier molecular flexibility index (Phi) is 4.74. The van der Waals surface area contributed by atoms with Crippen LogP contribution in [0.3, 0.4) is 0 Å². The molecule has 0 fully saturated rings. The Morgan fingerprint density at radius 1 is 1.08 bits per heavy atom. The molecule has 0 aromatic heterocycles. The molecule has 0 saturated carbocycles. The molecule has 0 amide bonds. The van der Waals surface area contributed by atoms with Gasteiger partial charge in [-0.15, -0.1) is 0 Å². The van der Waals surface area contributed by atoms with Crippen molar-refractivity contribution in [2.24, 2.45) is 0 Å². The van der Waals surface area contributed by atoms with Gasteiger partial charge < -0.3 is 5.32 Å². The van der Waals surface area contributed by atoms with E-state index in [2.05, 4.69) is 0 Å². The number of nitro groups is 2. The zero-order valence-electron chi connectivity index (χ0n) is 12.4. The van der Waals surface area contributed by atoms with Gasteiger partial charge in [0.15, 0.2) is 0 Å².